The van der Waals surface area contributed by atoms with Crippen molar-refractivity contribution in [3.8, 4) is 17.2 Å². The Balaban J connectivity index is 2.09. The van der Waals surface area contributed by atoms with Crippen molar-refractivity contribution in [2.24, 2.45) is 0 Å². The minimum atomic E-state index is -0.853. The summed E-state index contributed by atoms with van der Waals surface area (Å²) < 4.78 is 16.1. The molecule has 0 aliphatic carbocycles. The second-order valence-electron chi connectivity index (χ2n) is 7.62. The monoisotopic (exact) mass is 467 g/mol. The number of ketones is 1. The Kier molecular flexibility index (Phi) is 8.32. The molecule has 3 rings (SSSR count). The molecule has 1 atom stereocenters. The maximum Gasteiger partial charge on any atom is 0.295 e. The predicted molar refractivity (Wildman–Crippen MR) is 127 cm³/mol. The van der Waals surface area contributed by atoms with Crippen molar-refractivity contribution in [2.75, 3.05) is 33.5 Å². The third-order valence-corrected chi connectivity index (χ3v) is 5.38. The number of aliphatic hydroxyl groups is 1. The lowest BCUT2D eigenvalue weighted by molar-refractivity contribution is -0.140. The summed E-state index contributed by atoms with van der Waals surface area (Å²) in [5.41, 5.74) is 0.871. The SMILES string of the molecule is C=CCOc1ccc(C(O)=C2C(=O)C(=O)N(CCCOC)C2c2ccc(O)c(OCC)c2)cc1. The van der Waals surface area contributed by atoms with E-state index in [2.05, 4.69) is 6.58 Å². The molecule has 0 bridgehead atoms. The molecular formula is C26H29NO7. The highest BCUT2D eigenvalue weighted by atomic mass is 16.5. The molecule has 8 nitrogen and oxygen atoms in total. The molecule has 1 amide bonds. The zero-order valence-corrected chi connectivity index (χ0v) is 19.3. The van der Waals surface area contributed by atoms with Crippen molar-refractivity contribution >= 4 is 17.4 Å². The van der Waals surface area contributed by atoms with E-state index >= 15 is 0 Å². The molecule has 2 aromatic rings. The van der Waals surface area contributed by atoms with Crippen LogP contribution >= 0.6 is 0 Å². The molecule has 0 radical (unpaired) electrons. The number of carbonyl (C=O) groups excluding carboxylic acids is 2. The lowest BCUT2D eigenvalue weighted by atomic mass is 9.95. The van der Waals surface area contributed by atoms with Crippen molar-refractivity contribution in [1.82, 2.24) is 4.90 Å². The Morgan fingerprint density at radius 1 is 1.15 bits per heavy atom. The second kappa shape index (κ2) is 11.4. The summed E-state index contributed by atoms with van der Waals surface area (Å²) in [5.74, 6) is -1.03. The van der Waals surface area contributed by atoms with Crippen LogP contribution in [0.1, 0.15) is 30.5 Å². The van der Waals surface area contributed by atoms with Gasteiger partial charge in [-0.05, 0) is 55.3 Å². The highest BCUT2D eigenvalue weighted by Gasteiger charge is 2.46. The Morgan fingerprint density at radius 2 is 1.88 bits per heavy atom. The van der Waals surface area contributed by atoms with E-state index in [9.17, 15) is 19.8 Å². The number of hydrogen-bond acceptors (Lipinski definition) is 7. The molecule has 0 spiro atoms. The fourth-order valence-corrected chi connectivity index (χ4v) is 3.83. The summed E-state index contributed by atoms with van der Waals surface area (Å²) in [6.07, 6.45) is 2.12. The third kappa shape index (κ3) is 5.23. The van der Waals surface area contributed by atoms with Gasteiger partial charge in [-0.2, -0.15) is 0 Å². The zero-order chi connectivity index (χ0) is 24.7. The van der Waals surface area contributed by atoms with Crippen LogP contribution in [0.3, 0.4) is 0 Å². The van der Waals surface area contributed by atoms with Crippen molar-refractivity contribution in [1.29, 1.82) is 0 Å². The first-order chi connectivity index (χ1) is 16.4. The molecule has 1 aliphatic rings. The number of aliphatic hydroxyl groups excluding tert-OH is 1. The molecule has 8 heteroatoms. The molecule has 1 saturated heterocycles. The topological polar surface area (TPSA) is 106 Å². The minimum Gasteiger partial charge on any atom is -0.507 e. The number of likely N-dealkylation sites (tertiary alicyclic amines) is 1. The summed E-state index contributed by atoms with van der Waals surface area (Å²) in [6.45, 7) is 6.70. The number of amides is 1. The Hall–Kier alpha value is -3.78. The Morgan fingerprint density at radius 3 is 2.53 bits per heavy atom. The van der Waals surface area contributed by atoms with E-state index in [1.54, 1.807) is 56.5 Å². The largest absolute Gasteiger partial charge is 0.507 e. The van der Waals surface area contributed by atoms with Crippen molar-refractivity contribution in [3.63, 3.8) is 0 Å². The molecular weight excluding hydrogens is 438 g/mol. The molecule has 1 fully saturated rings. The van der Waals surface area contributed by atoms with Gasteiger partial charge in [0, 0.05) is 25.8 Å². The summed E-state index contributed by atoms with van der Waals surface area (Å²) in [7, 11) is 1.56. The standard InChI is InChI=1S/C26H29NO7/c1-4-14-34-19-10-7-17(8-11-19)24(29)22-23(18-9-12-20(28)21(16-18)33-5-2)27(13-6-15-32-3)26(31)25(22)30/h4,7-12,16,23,28-29H,1,5-6,13-15H2,2-3H3. The maximum absolute atomic E-state index is 13.1. The lowest BCUT2D eigenvalue weighted by Crippen LogP contribution is -2.31. The van der Waals surface area contributed by atoms with E-state index in [-0.39, 0.29) is 29.4 Å². The van der Waals surface area contributed by atoms with Crippen LogP contribution in [0.5, 0.6) is 17.2 Å². The highest BCUT2D eigenvalue weighted by Crippen LogP contribution is 2.42. The van der Waals surface area contributed by atoms with E-state index in [4.69, 9.17) is 14.2 Å². The van der Waals surface area contributed by atoms with E-state index in [0.29, 0.717) is 43.1 Å². The van der Waals surface area contributed by atoms with Crippen LogP contribution < -0.4 is 9.47 Å². The summed E-state index contributed by atoms with van der Waals surface area (Å²) in [6, 6.07) is 10.3. The predicted octanol–water partition coefficient (Wildman–Crippen LogP) is 3.81. The van der Waals surface area contributed by atoms with Gasteiger partial charge in [-0.15, -0.1) is 0 Å². The number of methoxy groups -OCH3 is 1. The molecule has 1 aliphatic heterocycles. The van der Waals surface area contributed by atoms with Crippen molar-refractivity contribution in [2.45, 2.75) is 19.4 Å². The number of phenols is 1. The number of nitrogens with zero attached hydrogens (tertiary/aromatic N) is 1. The van der Waals surface area contributed by atoms with E-state index in [1.165, 1.54) is 11.0 Å². The van der Waals surface area contributed by atoms with Gasteiger partial charge in [0.05, 0.1) is 18.2 Å². The van der Waals surface area contributed by atoms with Crippen LogP contribution in [0.2, 0.25) is 0 Å². The highest BCUT2D eigenvalue weighted by molar-refractivity contribution is 6.46. The van der Waals surface area contributed by atoms with Gasteiger partial charge in [-0.25, -0.2) is 0 Å². The summed E-state index contributed by atoms with van der Waals surface area (Å²) >= 11 is 0. The number of benzene rings is 2. The number of phenolic OH excluding ortho intramolecular Hbond substituents is 1. The Labute approximate surface area is 198 Å². The average Bonchev–Trinajstić information content (AvgIpc) is 3.09. The lowest BCUT2D eigenvalue weighted by Gasteiger charge is -2.25. The number of hydrogen-bond donors (Lipinski definition) is 2. The molecule has 2 aromatic carbocycles. The first-order valence-corrected chi connectivity index (χ1v) is 11.0. The smallest absolute Gasteiger partial charge is 0.295 e. The summed E-state index contributed by atoms with van der Waals surface area (Å²) in [5, 5.41) is 21.3. The summed E-state index contributed by atoms with van der Waals surface area (Å²) in [4.78, 5) is 27.4. The number of rotatable bonds is 11. The van der Waals surface area contributed by atoms with Crippen LogP contribution in [0.15, 0.2) is 60.7 Å². The van der Waals surface area contributed by atoms with Gasteiger partial charge in [0.15, 0.2) is 11.5 Å². The van der Waals surface area contributed by atoms with Crippen LogP contribution in [-0.4, -0.2) is 60.3 Å². The molecule has 2 N–H and O–H groups in total. The van der Waals surface area contributed by atoms with Crippen LogP contribution in [0.25, 0.3) is 5.76 Å². The van der Waals surface area contributed by atoms with Crippen molar-refractivity contribution in [3.05, 3.63) is 71.8 Å². The maximum atomic E-state index is 13.1. The van der Waals surface area contributed by atoms with Crippen molar-refractivity contribution < 1.29 is 34.0 Å². The molecule has 1 unspecified atom stereocenters. The zero-order valence-electron chi connectivity index (χ0n) is 19.3. The molecule has 1 heterocycles. The third-order valence-electron chi connectivity index (χ3n) is 5.38. The molecule has 180 valence electrons. The number of aromatic hydroxyl groups is 1. The van der Waals surface area contributed by atoms with Crippen LogP contribution in [0, 0.1) is 0 Å². The van der Waals surface area contributed by atoms with Gasteiger partial charge in [0.1, 0.15) is 18.1 Å². The fraction of sp³-hybridized carbons (Fsp3) is 0.308. The fourth-order valence-electron chi connectivity index (χ4n) is 3.83. The van der Waals surface area contributed by atoms with Gasteiger partial charge in [-0.1, -0.05) is 18.7 Å². The number of carbonyl (C=O) groups is 2. The average molecular weight is 468 g/mol. The first kappa shape index (κ1) is 24.9. The van der Waals surface area contributed by atoms with Gasteiger partial charge in [-0.3, -0.25) is 9.59 Å². The van der Waals surface area contributed by atoms with Gasteiger partial charge in [0.25, 0.3) is 11.7 Å². The van der Waals surface area contributed by atoms with E-state index < -0.39 is 17.7 Å². The van der Waals surface area contributed by atoms with Crippen LogP contribution in [-0.2, 0) is 14.3 Å². The normalized spacial score (nSPS) is 17.1. The van der Waals surface area contributed by atoms with Gasteiger partial charge in [0.2, 0.25) is 0 Å². The number of Topliss-reactive ketones (excluding diaryl/α,β-unsaturated/α-hetero) is 1. The Bertz CT molecular complexity index is 1080. The number of ether oxygens (including phenoxy) is 3. The van der Waals surface area contributed by atoms with Gasteiger partial charge >= 0.3 is 0 Å². The molecule has 0 saturated carbocycles. The minimum absolute atomic E-state index is 0.0321. The molecule has 34 heavy (non-hydrogen) atoms. The van der Waals surface area contributed by atoms with E-state index in [0.717, 1.165) is 0 Å². The van der Waals surface area contributed by atoms with E-state index in [1.807, 2.05) is 0 Å². The second-order valence-corrected chi connectivity index (χ2v) is 7.62. The molecule has 0 aromatic heterocycles. The van der Waals surface area contributed by atoms with Crippen LogP contribution in [0.4, 0.5) is 0 Å². The quantitative estimate of drug-likeness (QED) is 0.170. The first-order valence-electron chi connectivity index (χ1n) is 11.0. The van der Waals surface area contributed by atoms with Gasteiger partial charge < -0.3 is 29.3 Å².